The number of nitrogens with one attached hydrogen (secondary N) is 1. The van der Waals surface area contributed by atoms with Gasteiger partial charge >= 0.3 is 0 Å². The summed E-state index contributed by atoms with van der Waals surface area (Å²) in [5.74, 6) is 0.0831. The molecule has 0 saturated carbocycles. The number of rotatable bonds is 6. The Hall–Kier alpha value is -1.86. The van der Waals surface area contributed by atoms with Crippen molar-refractivity contribution in [2.24, 2.45) is 0 Å². The standard InChI is InChI=1S/C19H24N2O3S2/c1-2-15-8-4-5-9-17(15)20-26(23,24)19-11-10-16(25-19)14-18(22)21-12-6-3-7-13-21/h4-5,8-11,20H,2-3,6-7,12-14H2,1H3. The van der Waals surface area contributed by atoms with E-state index >= 15 is 0 Å². The molecule has 1 N–H and O–H groups in total. The van der Waals surface area contributed by atoms with Crippen LogP contribution in [-0.2, 0) is 27.7 Å². The third kappa shape index (κ3) is 4.45. The van der Waals surface area contributed by atoms with E-state index in [4.69, 9.17) is 0 Å². The van der Waals surface area contributed by atoms with E-state index in [2.05, 4.69) is 4.72 Å². The topological polar surface area (TPSA) is 66.5 Å². The molecule has 1 aliphatic heterocycles. The number of benzene rings is 1. The van der Waals surface area contributed by atoms with Crippen molar-refractivity contribution in [3.63, 3.8) is 0 Å². The lowest BCUT2D eigenvalue weighted by molar-refractivity contribution is -0.131. The maximum atomic E-state index is 12.7. The van der Waals surface area contributed by atoms with Crippen LogP contribution in [0.25, 0.3) is 0 Å². The fourth-order valence-electron chi connectivity index (χ4n) is 3.13. The number of piperidine rings is 1. The van der Waals surface area contributed by atoms with E-state index in [1.54, 1.807) is 18.2 Å². The number of hydrogen-bond acceptors (Lipinski definition) is 4. The number of carbonyl (C=O) groups is 1. The third-order valence-corrected chi connectivity index (χ3v) is 7.52. The van der Waals surface area contributed by atoms with Gasteiger partial charge in [0.25, 0.3) is 10.0 Å². The minimum Gasteiger partial charge on any atom is -0.342 e. The number of likely N-dealkylation sites (tertiary alicyclic amines) is 1. The molecule has 26 heavy (non-hydrogen) atoms. The Morgan fingerprint density at radius 2 is 1.85 bits per heavy atom. The summed E-state index contributed by atoms with van der Waals surface area (Å²) < 4.78 is 28.3. The van der Waals surface area contributed by atoms with Crippen molar-refractivity contribution in [2.45, 2.75) is 43.2 Å². The molecule has 0 bridgehead atoms. The van der Waals surface area contributed by atoms with Crippen LogP contribution in [0, 0.1) is 0 Å². The first-order chi connectivity index (χ1) is 12.5. The molecule has 140 valence electrons. The van der Waals surface area contributed by atoms with E-state index in [9.17, 15) is 13.2 Å². The predicted octanol–water partition coefficient (Wildman–Crippen LogP) is 3.67. The average Bonchev–Trinajstić information content (AvgIpc) is 3.12. The Balaban J connectivity index is 1.70. The van der Waals surface area contributed by atoms with Gasteiger partial charge in [-0.1, -0.05) is 25.1 Å². The molecule has 0 radical (unpaired) electrons. The minimum atomic E-state index is -3.64. The van der Waals surface area contributed by atoms with Crippen LogP contribution in [0.5, 0.6) is 0 Å². The van der Waals surface area contributed by atoms with Crippen LogP contribution in [0.15, 0.2) is 40.6 Å². The second kappa shape index (κ2) is 8.22. The Kier molecular flexibility index (Phi) is 5.98. The minimum absolute atomic E-state index is 0.0831. The van der Waals surface area contributed by atoms with Crippen molar-refractivity contribution in [3.05, 3.63) is 46.8 Å². The van der Waals surface area contributed by atoms with Gasteiger partial charge in [-0.25, -0.2) is 8.42 Å². The van der Waals surface area contributed by atoms with E-state index < -0.39 is 10.0 Å². The first-order valence-corrected chi connectivity index (χ1v) is 11.3. The predicted molar refractivity (Wildman–Crippen MR) is 105 cm³/mol. The molecule has 1 amide bonds. The number of carbonyl (C=O) groups excluding carboxylic acids is 1. The Bertz CT molecular complexity index is 868. The SMILES string of the molecule is CCc1ccccc1NS(=O)(=O)c1ccc(CC(=O)N2CCCCC2)s1. The molecule has 0 spiro atoms. The summed E-state index contributed by atoms with van der Waals surface area (Å²) in [6.45, 7) is 3.61. The molecule has 5 nitrogen and oxygen atoms in total. The molecule has 1 fully saturated rings. The van der Waals surface area contributed by atoms with Gasteiger partial charge in [-0.2, -0.15) is 0 Å². The lowest BCUT2D eigenvalue weighted by Crippen LogP contribution is -2.36. The lowest BCUT2D eigenvalue weighted by Gasteiger charge is -2.26. The first-order valence-electron chi connectivity index (χ1n) is 8.97. The fraction of sp³-hybridized carbons (Fsp3) is 0.421. The number of sulfonamides is 1. The largest absolute Gasteiger partial charge is 0.342 e. The number of para-hydroxylation sites is 1. The van der Waals surface area contributed by atoms with Crippen LogP contribution in [-0.4, -0.2) is 32.3 Å². The van der Waals surface area contributed by atoms with Crippen LogP contribution in [0.2, 0.25) is 0 Å². The molecule has 3 rings (SSSR count). The molecule has 0 aliphatic carbocycles. The number of anilines is 1. The molecule has 1 aliphatic rings. The highest BCUT2D eigenvalue weighted by atomic mass is 32.2. The highest BCUT2D eigenvalue weighted by Gasteiger charge is 2.21. The van der Waals surface area contributed by atoms with E-state index in [1.165, 1.54) is 17.8 Å². The summed E-state index contributed by atoms with van der Waals surface area (Å²) in [5.41, 5.74) is 1.56. The summed E-state index contributed by atoms with van der Waals surface area (Å²) in [4.78, 5) is 15.0. The molecule has 1 aromatic carbocycles. The number of thiophene rings is 1. The van der Waals surface area contributed by atoms with Crippen molar-refractivity contribution < 1.29 is 13.2 Å². The quantitative estimate of drug-likeness (QED) is 0.816. The van der Waals surface area contributed by atoms with Crippen LogP contribution in [0.3, 0.4) is 0 Å². The molecule has 1 saturated heterocycles. The summed E-state index contributed by atoms with van der Waals surface area (Å²) >= 11 is 1.17. The van der Waals surface area contributed by atoms with Gasteiger partial charge in [0.2, 0.25) is 5.91 Å². The molecule has 0 unspecified atom stereocenters. The summed E-state index contributed by atoms with van der Waals surface area (Å²) in [5, 5.41) is 0. The summed E-state index contributed by atoms with van der Waals surface area (Å²) in [6.07, 6.45) is 4.30. The van der Waals surface area contributed by atoms with E-state index in [-0.39, 0.29) is 16.5 Å². The zero-order valence-corrected chi connectivity index (χ0v) is 16.5. The van der Waals surface area contributed by atoms with Gasteiger partial charge < -0.3 is 4.90 Å². The highest BCUT2D eigenvalue weighted by Crippen LogP contribution is 2.26. The van der Waals surface area contributed by atoms with Gasteiger partial charge in [0.15, 0.2) is 0 Å². The molecule has 1 aromatic heterocycles. The monoisotopic (exact) mass is 392 g/mol. The van der Waals surface area contributed by atoms with Crippen LogP contribution in [0.4, 0.5) is 5.69 Å². The number of hydrogen-bond donors (Lipinski definition) is 1. The lowest BCUT2D eigenvalue weighted by atomic mass is 10.1. The zero-order chi connectivity index (χ0) is 18.6. The Morgan fingerprint density at radius 3 is 2.58 bits per heavy atom. The first kappa shape index (κ1) is 18.9. The fourth-order valence-corrected chi connectivity index (χ4v) is 5.57. The van der Waals surface area contributed by atoms with Crippen molar-refractivity contribution in [1.82, 2.24) is 4.90 Å². The summed E-state index contributed by atoms with van der Waals surface area (Å²) in [7, 11) is -3.64. The smallest absolute Gasteiger partial charge is 0.271 e. The molecule has 2 aromatic rings. The summed E-state index contributed by atoms with van der Waals surface area (Å²) in [6, 6.07) is 10.7. The second-order valence-electron chi connectivity index (χ2n) is 6.46. The van der Waals surface area contributed by atoms with Gasteiger partial charge in [-0.15, -0.1) is 11.3 Å². The van der Waals surface area contributed by atoms with Crippen molar-refractivity contribution in [1.29, 1.82) is 0 Å². The van der Waals surface area contributed by atoms with Gasteiger partial charge in [0.1, 0.15) is 4.21 Å². The number of aryl methyl sites for hydroxylation is 1. The van der Waals surface area contributed by atoms with Gasteiger partial charge in [-0.05, 0) is 49.4 Å². The van der Waals surface area contributed by atoms with Gasteiger partial charge in [-0.3, -0.25) is 9.52 Å². The molecular weight excluding hydrogens is 368 g/mol. The Morgan fingerprint density at radius 1 is 1.12 bits per heavy atom. The Labute approximate surface area is 159 Å². The maximum Gasteiger partial charge on any atom is 0.271 e. The molecular formula is C19H24N2O3S2. The van der Waals surface area contributed by atoms with Crippen molar-refractivity contribution in [3.8, 4) is 0 Å². The van der Waals surface area contributed by atoms with Gasteiger partial charge in [0, 0.05) is 18.0 Å². The van der Waals surface area contributed by atoms with Crippen LogP contribution < -0.4 is 4.72 Å². The molecule has 2 heterocycles. The molecule has 7 heteroatoms. The third-order valence-electron chi connectivity index (χ3n) is 4.58. The van der Waals surface area contributed by atoms with E-state index in [0.717, 1.165) is 42.8 Å². The van der Waals surface area contributed by atoms with Crippen LogP contribution in [0.1, 0.15) is 36.6 Å². The second-order valence-corrected chi connectivity index (χ2v) is 9.53. The molecule has 0 atom stereocenters. The number of amides is 1. The normalized spacial score (nSPS) is 15.0. The maximum absolute atomic E-state index is 12.7. The zero-order valence-electron chi connectivity index (χ0n) is 14.9. The highest BCUT2D eigenvalue weighted by molar-refractivity contribution is 7.94. The van der Waals surface area contributed by atoms with Gasteiger partial charge in [0.05, 0.1) is 12.1 Å². The van der Waals surface area contributed by atoms with Crippen LogP contribution >= 0.6 is 11.3 Å². The van der Waals surface area contributed by atoms with Crippen molar-refractivity contribution >= 4 is 33.0 Å². The van der Waals surface area contributed by atoms with E-state index in [0.29, 0.717) is 5.69 Å². The van der Waals surface area contributed by atoms with E-state index in [1.807, 2.05) is 30.0 Å². The average molecular weight is 393 g/mol. The number of nitrogens with zero attached hydrogens (tertiary/aromatic N) is 1. The van der Waals surface area contributed by atoms with Crippen molar-refractivity contribution in [2.75, 3.05) is 17.8 Å².